The second-order valence-electron chi connectivity index (χ2n) is 3.41. The summed E-state index contributed by atoms with van der Waals surface area (Å²) in [5.74, 6) is 0.723. The van der Waals surface area contributed by atoms with Gasteiger partial charge in [0.2, 0.25) is 0 Å². The lowest BCUT2D eigenvalue weighted by Gasteiger charge is -1.97. The number of nitrogens with zero attached hydrogens (tertiary/aromatic N) is 1. The highest BCUT2D eigenvalue weighted by Gasteiger charge is 2.09. The Bertz CT molecular complexity index is 479. The van der Waals surface area contributed by atoms with E-state index in [9.17, 15) is 0 Å². The molecule has 15 heavy (non-hydrogen) atoms. The van der Waals surface area contributed by atoms with Crippen LogP contribution >= 0.6 is 15.9 Å². The van der Waals surface area contributed by atoms with Crippen LogP contribution in [-0.2, 0) is 12.8 Å². The molecule has 0 aliphatic rings. The van der Waals surface area contributed by atoms with Gasteiger partial charge in [-0.3, -0.25) is 0 Å². The Labute approximate surface area is 96.8 Å². The topological polar surface area (TPSA) is 52.0 Å². The van der Waals surface area contributed by atoms with Crippen molar-refractivity contribution in [2.75, 3.05) is 6.54 Å². The van der Waals surface area contributed by atoms with Gasteiger partial charge in [0, 0.05) is 17.4 Å². The van der Waals surface area contributed by atoms with Gasteiger partial charge in [-0.1, -0.05) is 22.9 Å². The van der Waals surface area contributed by atoms with Crippen LogP contribution in [0.2, 0.25) is 0 Å². The second-order valence-corrected chi connectivity index (χ2v) is 4.33. The zero-order valence-corrected chi connectivity index (χ0v) is 10.2. The van der Waals surface area contributed by atoms with Crippen LogP contribution in [-0.4, -0.2) is 11.5 Å². The normalized spacial score (nSPS) is 11.1. The summed E-state index contributed by atoms with van der Waals surface area (Å²) in [4.78, 5) is 4.40. The van der Waals surface area contributed by atoms with E-state index >= 15 is 0 Å². The van der Waals surface area contributed by atoms with Gasteiger partial charge >= 0.3 is 0 Å². The number of hydrogen-bond donors (Lipinski definition) is 1. The molecule has 0 atom stereocenters. The van der Waals surface area contributed by atoms with E-state index in [0.717, 1.165) is 27.9 Å². The number of hydrogen-bond acceptors (Lipinski definition) is 3. The summed E-state index contributed by atoms with van der Waals surface area (Å²) >= 11 is 3.47. The molecule has 3 nitrogen and oxygen atoms in total. The Morgan fingerprint density at radius 3 is 2.93 bits per heavy atom. The van der Waals surface area contributed by atoms with Crippen LogP contribution in [0.15, 0.2) is 21.0 Å². The van der Waals surface area contributed by atoms with E-state index in [-0.39, 0.29) is 0 Å². The van der Waals surface area contributed by atoms with Crippen molar-refractivity contribution in [1.82, 2.24) is 4.98 Å². The molecule has 1 aromatic carbocycles. The lowest BCUT2D eigenvalue weighted by atomic mass is 10.1. The van der Waals surface area contributed by atoms with Gasteiger partial charge < -0.3 is 10.2 Å². The van der Waals surface area contributed by atoms with Gasteiger partial charge in [0.05, 0.1) is 0 Å². The Hall–Kier alpha value is -0.870. The molecule has 0 aliphatic heterocycles. The Morgan fingerprint density at radius 1 is 1.47 bits per heavy atom. The average Bonchev–Trinajstić information content (AvgIpc) is 2.59. The number of oxazole rings is 1. The van der Waals surface area contributed by atoms with E-state index in [1.54, 1.807) is 0 Å². The first kappa shape index (κ1) is 10.6. The quantitative estimate of drug-likeness (QED) is 0.931. The number of benzene rings is 1. The lowest BCUT2D eigenvalue weighted by molar-refractivity contribution is 0.528. The molecule has 0 saturated carbocycles. The summed E-state index contributed by atoms with van der Waals surface area (Å²) in [6, 6.07) is 4.04. The van der Waals surface area contributed by atoms with Crippen molar-refractivity contribution in [3.63, 3.8) is 0 Å². The highest BCUT2D eigenvalue weighted by atomic mass is 79.9. The molecule has 0 saturated heterocycles. The number of aromatic nitrogens is 1. The lowest BCUT2D eigenvalue weighted by Crippen LogP contribution is -2.02. The molecule has 4 heteroatoms. The fourth-order valence-electron chi connectivity index (χ4n) is 1.60. The largest absolute Gasteiger partial charge is 0.440 e. The average molecular weight is 269 g/mol. The third-order valence-corrected chi connectivity index (χ3v) is 2.77. The molecule has 2 aromatic rings. The predicted molar refractivity (Wildman–Crippen MR) is 63.8 cm³/mol. The molecule has 0 fully saturated rings. The van der Waals surface area contributed by atoms with Crippen molar-refractivity contribution >= 4 is 27.0 Å². The minimum atomic E-state index is 0.565. The molecule has 0 unspecified atom stereocenters. The Kier molecular flexibility index (Phi) is 3.07. The van der Waals surface area contributed by atoms with Crippen LogP contribution in [0.1, 0.15) is 18.4 Å². The van der Waals surface area contributed by atoms with Gasteiger partial charge in [0.15, 0.2) is 11.5 Å². The van der Waals surface area contributed by atoms with Gasteiger partial charge in [-0.05, 0) is 24.1 Å². The number of nitrogens with two attached hydrogens (primary N) is 1. The first-order chi connectivity index (χ1) is 7.24. The van der Waals surface area contributed by atoms with E-state index in [2.05, 4.69) is 33.9 Å². The zero-order chi connectivity index (χ0) is 10.8. The summed E-state index contributed by atoms with van der Waals surface area (Å²) in [7, 11) is 0. The summed E-state index contributed by atoms with van der Waals surface area (Å²) in [6.45, 7) is 2.67. The molecule has 2 rings (SSSR count). The molecule has 0 aliphatic carbocycles. The first-order valence-electron chi connectivity index (χ1n) is 5.02. The Balaban J connectivity index is 2.58. The van der Waals surface area contributed by atoms with Crippen LogP contribution in [0.3, 0.4) is 0 Å². The fraction of sp³-hybridized carbons (Fsp3) is 0.364. The number of fused-ring (bicyclic) bond motifs is 1. The molecule has 0 amide bonds. The number of halogens is 1. The highest BCUT2D eigenvalue weighted by Crippen LogP contribution is 2.25. The third-order valence-electron chi connectivity index (χ3n) is 2.32. The van der Waals surface area contributed by atoms with Crippen molar-refractivity contribution in [2.45, 2.75) is 19.8 Å². The van der Waals surface area contributed by atoms with Crippen LogP contribution < -0.4 is 5.73 Å². The van der Waals surface area contributed by atoms with Gasteiger partial charge in [-0.15, -0.1) is 0 Å². The van der Waals surface area contributed by atoms with Crippen LogP contribution in [0.25, 0.3) is 11.1 Å². The SMILES string of the molecule is CCc1cc(Br)cc2nc(CCN)oc12. The van der Waals surface area contributed by atoms with Gasteiger partial charge in [-0.25, -0.2) is 4.98 Å². The van der Waals surface area contributed by atoms with Crippen molar-refractivity contribution in [2.24, 2.45) is 5.73 Å². The zero-order valence-electron chi connectivity index (χ0n) is 8.59. The Morgan fingerprint density at radius 2 is 2.27 bits per heavy atom. The van der Waals surface area contributed by atoms with Gasteiger partial charge in [-0.2, -0.15) is 0 Å². The monoisotopic (exact) mass is 268 g/mol. The van der Waals surface area contributed by atoms with Gasteiger partial charge in [0.1, 0.15) is 5.52 Å². The third kappa shape index (κ3) is 2.06. The highest BCUT2D eigenvalue weighted by molar-refractivity contribution is 9.10. The van der Waals surface area contributed by atoms with E-state index in [4.69, 9.17) is 10.2 Å². The van der Waals surface area contributed by atoms with Gasteiger partial charge in [0.25, 0.3) is 0 Å². The maximum absolute atomic E-state index is 5.67. The van der Waals surface area contributed by atoms with Crippen molar-refractivity contribution in [1.29, 1.82) is 0 Å². The minimum absolute atomic E-state index is 0.565. The van der Waals surface area contributed by atoms with Crippen LogP contribution in [0.5, 0.6) is 0 Å². The van der Waals surface area contributed by atoms with Crippen molar-refractivity contribution in [3.05, 3.63) is 28.1 Å². The smallest absolute Gasteiger partial charge is 0.196 e. The molecule has 0 spiro atoms. The van der Waals surface area contributed by atoms with E-state index in [1.165, 1.54) is 5.56 Å². The molecule has 80 valence electrons. The second kappa shape index (κ2) is 4.33. The standard InChI is InChI=1S/C11H13BrN2O/c1-2-7-5-8(12)6-9-11(7)15-10(14-9)3-4-13/h5-6H,2-4,13H2,1H3. The number of rotatable bonds is 3. The van der Waals surface area contributed by atoms with Crippen LogP contribution in [0, 0.1) is 0 Å². The van der Waals surface area contributed by atoms with Crippen molar-refractivity contribution < 1.29 is 4.42 Å². The first-order valence-corrected chi connectivity index (χ1v) is 5.81. The van der Waals surface area contributed by atoms with Crippen molar-refractivity contribution in [3.8, 4) is 0 Å². The summed E-state index contributed by atoms with van der Waals surface area (Å²) in [5, 5.41) is 0. The molecule has 0 radical (unpaired) electrons. The molecular formula is C11H13BrN2O. The predicted octanol–water partition coefficient (Wildman–Crippen LogP) is 2.65. The van der Waals surface area contributed by atoms with E-state index in [1.807, 2.05) is 6.07 Å². The maximum atomic E-state index is 5.67. The van der Waals surface area contributed by atoms with E-state index < -0.39 is 0 Å². The summed E-state index contributed by atoms with van der Waals surface area (Å²) in [6.07, 6.45) is 1.63. The molecule has 2 N–H and O–H groups in total. The minimum Gasteiger partial charge on any atom is -0.440 e. The maximum Gasteiger partial charge on any atom is 0.196 e. The molecule has 1 heterocycles. The summed E-state index contributed by atoms with van der Waals surface area (Å²) < 4.78 is 6.71. The fourth-order valence-corrected chi connectivity index (χ4v) is 2.10. The van der Waals surface area contributed by atoms with Crippen LogP contribution in [0.4, 0.5) is 0 Å². The summed E-state index contributed by atoms with van der Waals surface area (Å²) in [5.41, 5.74) is 8.45. The van der Waals surface area contributed by atoms with E-state index in [0.29, 0.717) is 13.0 Å². The molecule has 1 aromatic heterocycles. The molecule has 0 bridgehead atoms. The number of aryl methyl sites for hydroxylation is 1. The molecular weight excluding hydrogens is 256 g/mol.